The van der Waals surface area contributed by atoms with Gasteiger partial charge in [-0.1, -0.05) is 70.5 Å². The minimum atomic E-state index is -0.810. The maximum atomic E-state index is 13.4. The molecule has 0 radical (unpaired) electrons. The summed E-state index contributed by atoms with van der Waals surface area (Å²) in [5.41, 5.74) is 2.99. The van der Waals surface area contributed by atoms with E-state index in [0.29, 0.717) is 27.8 Å². The smallest absolute Gasteiger partial charge is 0.269 e. The Balaban J connectivity index is 2.00. The van der Waals surface area contributed by atoms with Gasteiger partial charge >= 0.3 is 0 Å². The minimum Gasteiger partial charge on any atom is -0.293 e. The molecule has 4 rings (SSSR count). The summed E-state index contributed by atoms with van der Waals surface area (Å²) in [5, 5.41) is 11.0. The lowest BCUT2D eigenvalue weighted by molar-refractivity contribution is -0.384. The third-order valence-corrected chi connectivity index (χ3v) is 5.74. The molecular formula is C23H14BrNO4. The number of hydrogen-bond acceptors (Lipinski definition) is 4. The van der Waals surface area contributed by atoms with Gasteiger partial charge < -0.3 is 0 Å². The van der Waals surface area contributed by atoms with Gasteiger partial charge in [0.15, 0.2) is 11.6 Å². The summed E-state index contributed by atoms with van der Waals surface area (Å²) in [4.78, 5) is 36.1. The maximum Gasteiger partial charge on any atom is 0.269 e. The number of hydrogen-bond donors (Lipinski definition) is 0. The highest BCUT2D eigenvalue weighted by Gasteiger charge is 2.37. The molecule has 0 saturated carbocycles. The van der Waals surface area contributed by atoms with Crippen LogP contribution in [0.15, 0.2) is 84.4 Å². The molecule has 3 aromatic rings. The van der Waals surface area contributed by atoms with Crippen molar-refractivity contribution in [3.8, 4) is 0 Å². The summed E-state index contributed by atoms with van der Waals surface area (Å²) in [6.45, 7) is 0. The Morgan fingerprint density at radius 2 is 1.34 bits per heavy atom. The van der Waals surface area contributed by atoms with Gasteiger partial charge in [0.05, 0.1) is 4.92 Å². The molecule has 1 atom stereocenters. The molecular weight excluding hydrogens is 434 g/mol. The summed E-state index contributed by atoms with van der Waals surface area (Å²) >= 11 is 3.43. The Bertz CT molecular complexity index is 1170. The Hall–Kier alpha value is -3.38. The fourth-order valence-electron chi connectivity index (χ4n) is 3.50. The van der Waals surface area contributed by atoms with Crippen molar-refractivity contribution >= 4 is 38.8 Å². The molecule has 0 bridgehead atoms. The van der Waals surface area contributed by atoms with Gasteiger partial charge in [-0.25, -0.2) is 0 Å². The SMILES string of the molecule is O=C1/C(=C(/c2ccccc2)c2ccc([N+](=O)[O-])cc2)C(Br)C(=O)c2ccccc21. The van der Waals surface area contributed by atoms with Gasteiger partial charge in [0.1, 0.15) is 4.83 Å². The number of nitrogens with zero attached hydrogens (tertiary/aromatic N) is 1. The number of ketones is 2. The van der Waals surface area contributed by atoms with Crippen LogP contribution in [0.5, 0.6) is 0 Å². The summed E-state index contributed by atoms with van der Waals surface area (Å²) in [6, 6.07) is 22.0. The molecule has 1 aliphatic rings. The molecule has 0 saturated heterocycles. The lowest BCUT2D eigenvalue weighted by Crippen LogP contribution is -2.31. The van der Waals surface area contributed by atoms with Gasteiger partial charge in [-0.05, 0) is 28.8 Å². The van der Waals surface area contributed by atoms with Crippen molar-refractivity contribution < 1.29 is 14.5 Å². The molecule has 0 aromatic heterocycles. The van der Waals surface area contributed by atoms with E-state index in [1.54, 1.807) is 36.4 Å². The topological polar surface area (TPSA) is 77.3 Å². The second-order valence-electron chi connectivity index (χ2n) is 6.56. The van der Waals surface area contributed by atoms with Crippen LogP contribution in [0, 0.1) is 10.1 Å². The molecule has 0 fully saturated rings. The van der Waals surface area contributed by atoms with Crippen molar-refractivity contribution in [1.29, 1.82) is 0 Å². The van der Waals surface area contributed by atoms with Crippen molar-refractivity contribution in [2.24, 2.45) is 0 Å². The van der Waals surface area contributed by atoms with E-state index in [2.05, 4.69) is 15.9 Å². The lowest BCUT2D eigenvalue weighted by atomic mass is 9.80. The first-order chi connectivity index (χ1) is 14.0. The first-order valence-corrected chi connectivity index (χ1v) is 9.77. The molecule has 6 heteroatoms. The molecule has 0 aliphatic heterocycles. The lowest BCUT2D eigenvalue weighted by Gasteiger charge is -2.25. The predicted octanol–water partition coefficient (Wildman–Crippen LogP) is 5.24. The standard InChI is InChI=1S/C23H14BrNO4/c24-21-20(22(26)17-8-4-5-9-18(17)23(21)27)19(14-6-2-1-3-7-14)15-10-12-16(13-11-15)25(28)29/h1-13,21H/b20-19-. The van der Waals surface area contributed by atoms with Crippen LogP contribution < -0.4 is 0 Å². The van der Waals surface area contributed by atoms with E-state index < -0.39 is 9.75 Å². The zero-order valence-corrected chi connectivity index (χ0v) is 16.6. The number of halogens is 1. The number of nitro groups is 1. The quantitative estimate of drug-likeness (QED) is 0.238. The van der Waals surface area contributed by atoms with Gasteiger partial charge in [0.2, 0.25) is 0 Å². The molecule has 3 aromatic carbocycles. The average molecular weight is 448 g/mol. The van der Waals surface area contributed by atoms with Crippen LogP contribution in [-0.4, -0.2) is 21.3 Å². The molecule has 0 N–H and O–H groups in total. The van der Waals surface area contributed by atoms with Crippen LogP contribution in [0.25, 0.3) is 5.57 Å². The predicted molar refractivity (Wildman–Crippen MR) is 113 cm³/mol. The highest BCUT2D eigenvalue weighted by Crippen LogP contribution is 2.38. The Labute approximate surface area is 175 Å². The molecule has 1 unspecified atom stereocenters. The number of rotatable bonds is 3. The first kappa shape index (κ1) is 19.0. The number of Topliss-reactive ketones (excluding diaryl/α,β-unsaturated/α-hetero) is 2. The van der Waals surface area contributed by atoms with Gasteiger partial charge in [0.25, 0.3) is 5.69 Å². The number of benzene rings is 3. The molecule has 0 amide bonds. The largest absolute Gasteiger partial charge is 0.293 e. The number of allylic oxidation sites excluding steroid dienone is 1. The summed E-state index contributed by atoms with van der Waals surface area (Å²) in [5.74, 6) is -0.426. The molecule has 0 heterocycles. The van der Waals surface area contributed by atoms with Gasteiger partial charge in [0, 0.05) is 28.8 Å². The van der Waals surface area contributed by atoms with Gasteiger partial charge in [-0.2, -0.15) is 0 Å². The third kappa shape index (κ3) is 3.32. The van der Waals surface area contributed by atoms with E-state index in [4.69, 9.17) is 0 Å². The van der Waals surface area contributed by atoms with E-state index >= 15 is 0 Å². The normalized spacial score (nSPS) is 17.6. The van der Waals surface area contributed by atoms with Crippen molar-refractivity contribution in [2.75, 3.05) is 0 Å². The van der Waals surface area contributed by atoms with Crippen molar-refractivity contribution in [3.05, 3.63) is 117 Å². The zero-order chi connectivity index (χ0) is 20.5. The monoisotopic (exact) mass is 447 g/mol. The molecule has 0 spiro atoms. The number of alkyl halides is 1. The van der Waals surface area contributed by atoms with Crippen LogP contribution in [0.2, 0.25) is 0 Å². The Morgan fingerprint density at radius 3 is 1.97 bits per heavy atom. The zero-order valence-electron chi connectivity index (χ0n) is 15.0. The van der Waals surface area contributed by atoms with Crippen LogP contribution in [0.4, 0.5) is 5.69 Å². The van der Waals surface area contributed by atoms with Crippen molar-refractivity contribution in [2.45, 2.75) is 4.83 Å². The number of fused-ring (bicyclic) bond motifs is 1. The number of carbonyl (C=O) groups excluding carboxylic acids is 2. The van der Waals surface area contributed by atoms with Crippen LogP contribution >= 0.6 is 15.9 Å². The number of non-ortho nitro benzene ring substituents is 1. The molecule has 29 heavy (non-hydrogen) atoms. The van der Waals surface area contributed by atoms with E-state index in [-0.39, 0.29) is 17.3 Å². The summed E-state index contributed by atoms with van der Waals surface area (Å²) in [7, 11) is 0. The average Bonchev–Trinajstić information content (AvgIpc) is 2.76. The number of nitro benzene ring substituents is 1. The van der Waals surface area contributed by atoms with Crippen molar-refractivity contribution in [1.82, 2.24) is 0 Å². The van der Waals surface area contributed by atoms with Gasteiger partial charge in [-0.3, -0.25) is 19.7 Å². The van der Waals surface area contributed by atoms with Crippen molar-refractivity contribution in [3.63, 3.8) is 0 Å². The second-order valence-corrected chi connectivity index (χ2v) is 7.48. The highest BCUT2D eigenvalue weighted by molar-refractivity contribution is 9.10. The van der Waals surface area contributed by atoms with Crippen LogP contribution in [-0.2, 0) is 0 Å². The summed E-state index contributed by atoms with van der Waals surface area (Å²) in [6.07, 6.45) is 0. The van der Waals surface area contributed by atoms with Crippen LogP contribution in [0.3, 0.4) is 0 Å². The van der Waals surface area contributed by atoms with E-state index in [1.807, 2.05) is 30.3 Å². The van der Waals surface area contributed by atoms with Gasteiger partial charge in [-0.15, -0.1) is 0 Å². The molecule has 1 aliphatic carbocycles. The number of carbonyl (C=O) groups is 2. The van der Waals surface area contributed by atoms with E-state index in [1.165, 1.54) is 12.1 Å². The first-order valence-electron chi connectivity index (χ1n) is 8.85. The van der Waals surface area contributed by atoms with Crippen LogP contribution in [0.1, 0.15) is 31.8 Å². The molecule has 142 valence electrons. The minimum absolute atomic E-state index is 0.0436. The maximum absolute atomic E-state index is 13.4. The highest BCUT2D eigenvalue weighted by atomic mass is 79.9. The second kappa shape index (κ2) is 7.56. The third-order valence-electron chi connectivity index (χ3n) is 4.86. The fraction of sp³-hybridized carbons (Fsp3) is 0.0435. The van der Waals surface area contributed by atoms with E-state index in [0.717, 1.165) is 5.56 Å². The molecule has 5 nitrogen and oxygen atoms in total. The Kier molecular flexibility index (Phi) is 4.94. The summed E-state index contributed by atoms with van der Waals surface area (Å²) < 4.78 is 0. The van der Waals surface area contributed by atoms with E-state index in [9.17, 15) is 19.7 Å². The Morgan fingerprint density at radius 1 is 0.793 bits per heavy atom. The fourth-order valence-corrected chi connectivity index (χ4v) is 4.18.